The second-order valence-corrected chi connectivity index (χ2v) is 7.98. The molecule has 0 spiro atoms. The van der Waals surface area contributed by atoms with Gasteiger partial charge in [0.1, 0.15) is 13.2 Å². The Kier molecular flexibility index (Phi) is 9.12. The highest BCUT2D eigenvalue weighted by atomic mass is 79.9. The lowest BCUT2D eigenvalue weighted by Crippen LogP contribution is -2.01. The number of benzene rings is 3. The van der Waals surface area contributed by atoms with E-state index in [0.29, 0.717) is 13.2 Å². The van der Waals surface area contributed by atoms with E-state index in [1.807, 2.05) is 36.4 Å². The fourth-order valence-corrected chi connectivity index (χ4v) is 3.58. The first-order chi connectivity index (χ1) is 14.3. The number of rotatable bonds is 12. The third kappa shape index (κ3) is 7.58. The first-order valence-electron chi connectivity index (χ1n) is 10.4. The van der Waals surface area contributed by atoms with Crippen LogP contribution in [-0.4, -0.2) is 5.33 Å². The van der Waals surface area contributed by atoms with Gasteiger partial charge in [0.25, 0.3) is 0 Å². The predicted molar refractivity (Wildman–Crippen MR) is 124 cm³/mol. The second kappa shape index (κ2) is 12.3. The van der Waals surface area contributed by atoms with Gasteiger partial charge in [-0.25, -0.2) is 0 Å². The number of hydrogen-bond donors (Lipinski definition) is 0. The fourth-order valence-electron chi connectivity index (χ4n) is 3.19. The predicted octanol–water partition coefficient (Wildman–Crippen LogP) is 7.34. The Bertz CT molecular complexity index is 834. The van der Waals surface area contributed by atoms with Crippen molar-refractivity contribution in [1.82, 2.24) is 0 Å². The molecule has 0 radical (unpaired) electrons. The summed E-state index contributed by atoms with van der Waals surface area (Å²) in [5.41, 5.74) is 3.61. The highest BCUT2D eigenvalue weighted by Gasteiger charge is 2.08. The molecule has 3 rings (SSSR count). The van der Waals surface area contributed by atoms with E-state index < -0.39 is 0 Å². The maximum absolute atomic E-state index is 6.17. The van der Waals surface area contributed by atoms with E-state index in [4.69, 9.17) is 9.47 Å². The molecule has 0 bridgehead atoms. The first-order valence-corrected chi connectivity index (χ1v) is 11.5. The molecule has 0 N–H and O–H groups in total. The minimum atomic E-state index is 0.536. The standard InChI is InChI=1S/C26H29BrO2/c27-18-10-2-1-5-11-22-16-17-25(28-20-23-12-6-3-7-13-23)26(19-22)29-21-24-14-8-4-9-15-24/h3-4,6-9,12-17,19H,1-2,5,10-11,18,20-21H2. The summed E-state index contributed by atoms with van der Waals surface area (Å²) in [5.74, 6) is 1.62. The number of hydrogen-bond acceptors (Lipinski definition) is 2. The summed E-state index contributed by atoms with van der Waals surface area (Å²) in [6.45, 7) is 1.08. The fraction of sp³-hybridized carbons (Fsp3) is 0.308. The van der Waals surface area contributed by atoms with E-state index in [9.17, 15) is 0 Å². The molecule has 152 valence electrons. The van der Waals surface area contributed by atoms with E-state index >= 15 is 0 Å². The molecule has 0 atom stereocenters. The lowest BCUT2D eigenvalue weighted by atomic mass is 10.1. The summed E-state index contributed by atoms with van der Waals surface area (Å²) in [7, 11) is 0. The van der Waals surface area contributed by atoms with E-state index in [1.54, 1.807) is 0 Å². The molecule has 0 aliphatic carbocycles. The van der Waals surface area contributed by atoms with Crippen LogP contribution < -0.4 is 9.47 Å². The van der Waals surface area contributed by atoms with Gasteiger partial charge in [-0.2, -0.15) is 0 Å². The van der Waals surface area contributed by atoms with Gasteiger partial charge < -0.3 is 9.47 Å². The SMILES string of the molecule is BrCCCCCCc1ccc(OCc2ccccc2)c(OCc2ccccc2)c1. The topological polar surface area (TPSA) is 18.5 Å². The van der Waals surface area contributed by atoms with E-state index in [2.05, 4.69) is 58.4 Å². The van der Waals surface area contributed by atoms with Gasteiger partial charge in [-0.15, -0.1) is 0 Å². The van der Waals surface area contributed by atoms with Gasteiger partial charge in [-0.1, -0.05) is 95.5 Å². The van der Waals surface area contributed by atoms with Gasteiger partial charge in [0.15, 0.2) is 11.5 Å². The molecule has 0 unspecified atom stereocenters. The van der Waals surface area contributed by atoms with Gasteiger partial charge in [0.2, 0.25) is 0 Å². The summed E-state index contributed by atoms with van der Waals surface area (Å²) >= 11 is 3.50. The number of aryl methyl sites for hydroxylation is 1. The van der Waals surface area contributed by atoms with E-state index in [-0.39, 0.29) is 0 Å². The number of unbranched alkanes of at least 4 members (excludes halogenated alkanes) is 3. The molecular weight excluding hydrogens is 424 g/mol. The van der Waals surface area contributed by atoms with Crippen LogP contribution in [0.4, 0.5) is 0 Å². The van der Waals surface area contributed by atoms with Crippen molar-refractivity contribution in [1.29, 1.82) is 0 Å². The van der Waals surface area contributed by atoms with Crippen LogP contribution in [0, 0.1) is 0 Å². The smallest absolute Gasteiger partial charge is 0.161 e. The molecule has 3 heteroatoms. The van der Waals surface area contributed by atoms with Crippen molar-refractivity contribution in [2.24, 2.45) is 0 Å². The molecule has 0 aromatic heterocycles. The first kappa shape index (κ1) is 21.4. The van der Waals surface area contributed by atoms with Gasteiger partial charge in [0, 0.05) is 5.33 Å². The Balaban J connectivity index is 1.65. The Hall–Kier alpha value is -2.26. The number of halogens is 1. The molecule has 0 fully saturated rings. The van der Waals surface area contributed by atoms with Gasteiger partial charge in [-0.05, 0) is 48.1 Å². The molecule has 0 amide bonds. The Labute approximate surface area is 183 Å². The summed E-state index contributed by atoms with van der Waals surface area (Å²) in [4.78, 5) is 0. The van der Waals surface area contributed by atoms with Crippen molar-refractivity contribution in [3.63, 3.8) is 0 Å². The molecule has 0 aliphatic heterocycles. The highest BCUT2D eigenvalue weighted by Crippen LogP contribution is 2.30. The summed E-state index contributed by atoms with van der Waals surface area (Å²) in [6.07, 6.45) is 6.06. The quantitative estimate of drug-likeness (QED) is 0.211. The van der Waals surface area contributed by atoms with Crippen molar-refractivity contribution >= 4 is 15.9 Å². The third-order valence-electron chi connectivity index (χ3n) is 4.83. The lowest BCUT2D eigenvalue weighted by Gasteiger charge is -2.15. The van der Waals surface area contributed by atoms with E-state index in [1.165, 1.54) is 31.2 Å². The highest BCUT2D eigenvalue weighted by molar-refractivity contribution is 9.09. The molecular formula is C26H29BrO2. The summed E-state index contributed by atoms with van der Waals surface area (Å²) < 4.78 is 12.3. The molecule has 0 saturated heterocycles. The van der Waals surface area contributed by atoms with Crippen LogP contribution in [0.15, 0.2) is 78.9 Å². The van der Waals surface area contributed by atoms with Crippen molar-refractivity contribution < 1.29 is 9.47 Å². The monoisotopic (exact) mass is 452 g/mol. The molecule has 2 nitrogen and oxygen atoms in total. The molecule has 3 aromatic carbocycles. The lowest BCUT2D eigenvalue weighted by molar-refractivity contribution is 0.255. The number of alkyl halides is 1. The average molecular weight is 453 g/mol. The van der Waals surface area contributed by atoms with Crippen molar-refractivity contribution in [2.75, 3.05) is 5.33 Å². The molecule has 0 aliphatic rings. The Morgan fingerprint density at radius 2 is 1.14 bits per heavy atom. The molecule has 29 heavy (non-hydrogen) atoms. The molecule has 0 heterocycles. The summed E-state index contributed by atoms with van der Waals surface area (Å²) in [5, 5.41) is 1.10. The van der Waals surface area contributed by atoms with E-state index in [0.717, 1.165) is 34.4 Å². The van der Waals surface area contributed by atoms with Crippen LogP contribution >= 0.6 is 15.9 Å². The van der Waals surface area contributed by atoms with Crippen LogP contribution in [0.1, 0.15) is 42.4 Å². The third-order valence-corrected chi connectivity index (χ3v) is 5.39. The number of ether oxygens (including phenoxy) is 2. The second-order valence-electron chi connectivity index (χ2n) is 7.18. The molecule has 0 saturated carbocycles. The van der Waals surface area contributed by atoms with Gasteiger partial charge in [0.05, 0.1) is 0 Å². The zero-order valence-electron chi connectivity index (χ0n) is 16.9. The Morgan fingerprint density at radius 3 is 1.76 bits per heavy atom. The van der Waals surface area contributed by atoms with Crippen LogP contribution in [0.5, 0.6) is 11.5 Å². The largest absolute Gasteiger partial charge is 0.485 e. The maximum Gasteiger partial charge on any atom is 0.161 e. The molecule has 3 aromatic rings. The van der Waals surface area contributed by atoms with Crippen LogP contribution in [0.25, 0.3) is 0 Å². The average Bonchev–Trinajstić information content (AvgIpc) is 2.78. The van der Waals surface area contributed by atoms with Crippen molar-refractivity contribution in [2.45, 2.75) is 45.3 Å². The maximum atomic E-state index is 6.17. The zero-order valence-corrected chi connectivity index (χ0v) is 18.4. The zero-order chi connectivity index (χ0) is 20.2. The van der Waals surface area contributed by atoms with Crippen LogP contribution in [-0.2, 0) is 19.6 Å². The van der Waals surface area contributed by atoms with Gasteiger partial charge >= 0.3 is 0 Å². The normalized spacial score (nSPS) is 10.7. The minimum Gasteiger partial charge on any atom is -0.485 e. The van der Waals surface area contributed by atoms with Crippen LogP contribution in [0.3, 0.4) is 0 Å². The van der Waals surface area contributed by atoms with Gasteiger partial charge in [-0.3, -0.25) is 0 Å². The van der Waals surface area contributed by atoms with Crippen molar-refractivity contribution in [3.8, 4) is 11.5 Å². The summed E-state index contributed by atoms with van der Waals surface area (Å²) in [6, 6.07) is 26.9. The Morgan fingerprint density at radius 1 is 0.552 bits per heavy atom. The van der Waals surface area contributed by atoms with Crippen molar-refractivity contribution in [3.05, 3.63) is 95.6 Å². The van der Waals surface area contributed by atoms with Crippen LogP contribution in [0.2, 0.25) is 0 Å². The minimum absolute atomic E-state index is 0.536.